The fourth-order valence-corrected chi connectivity index (χ4v) is 3.85. The minimum Gasteiger partial charge on any atom is -0.454 e. The van der Waals surface area contributed by atoms with Crippen molar-refractivity contribution in [3.63, 3.8) is 0 Å². The number of benzene rings is 3. The molecule has 156 valence electrons. The van der Waals surface area contributed by atoms with Gasteiger partial charge < -0.3 is 20.1 Å². The van der Waals surface area contributed by atoms with E-state index in [0.29, 0.717) is 22.7 Å². The monoisotopic (exact) mass is 417 g/mol. The number of ether oxygens (including phenoxy) is 2. The zero-order valence-electron chi connectivity index (χ0n) is 16.7. The highest BCUT2D eigenvalue weighted by molar-refractivity contribution is 6.10. The first kappa shape index (κ1) is 18.9. The van der Waals surface area contributed by atoms with E-state index in [-0.39, 0.29) is 6.79 Å². The van der Waals surface area contributed by atoms with Crippen molar-refractivity contribution < 1.29 is 23.9 Å². The van der Waals surface area contributed by atoms with Crippen LogP contribution in [0.3, 0.4) is 0 Å². The molecule has 3 aromatic rings. The summed E-state index contributed by atoms with van der Waals surface area (Å²) >= 11 is 0. The van der Waals surface area contributed by atoms with E-state index in [1.807, 2.05) is 36.4 Å². The number of fused-ring (bicyclic) bond motifs is 2. The Morgan fingerprint density at radius 1 is 1.03 bits per heavy atom. The van der Waals surface area contributed by atoms with E-state index < -0.39 is 29.9 Å². The minimum atomic E-state index is -1.30. The van der Waals surface area contributed by atoms with Gasteiger partial charge in [-0.05, 0) is 47.5 Å². The van der Waals surface area contributed by atoms with Crippen molar-refractivity contribution in [2.24, 2.45) is 0 Å². The molecule has 0 saturated carbocycles. The zero-order valence-corrected chi connectivity index (χ0v) is 16.7. The number of amides is 4. The number of imide groups is 1. The van der Waals surface area contributed by atoms with Crippen LogP contribution >= 0.6 is 0 Å². The van der Waals surface area contributed by atoms with Gasteiger partial charge in [-0.25, -0.2) is 4.79 Å². The Morgan fingerprint density at radius 3 is 2.65 bits per heavy atom. The summed E-state index contributed by atoms with van der Waals surface area (Å²) < 4.78 is 10.7. The summed E-state index contributed by atoms with van der Waals surface area (Å²) in [5.74, 6) is 0.114. The SMILES string of the molecule is C[C@@]1(c2ccc3c(c2)OCO3)NC(=O)N(CC(=O)Nc2ccc3ccccc3c2)C1=O. The molecule has 0 spiro atoms. The summed E-state index contributed by atoms with van der Waals surface area (Å²) in [7, 11) is 0. The summed E-state index contributed by atoms with van der Waals surface area (Å²) in [4.78, 5) is 39.1. The summed E-state index contributed by atoms with van der Waals surface area (Å²) in [5.41, 5.74) is -0.164. The molecule has 2 aliphatic heterocycles. The number of carbonyl (C=O) groups is 3. The Hall–Kier alpha value is -4.07. The number of rotatable bonds is 4. The van der Waals surface area contributed by atoms with Crippen LogP contribution in [0.2, 0.25) is 0 Å². The molecule has 2 heterocycles. The number of hydrogen-bond donors (Lipinski definition) is 2. The molecule has 4 amide bonds. The molecular weight excluding hydrogens is 398 g/mol. The summed E-state index contributed by atoms with van der Waals surface area (Å²) in [6.45, 7) is 1.32. The normalized spacial score (nSPS) is 19.6. The van der Waals surface area contributed by atoms with Gasteiger partial charge in [0.2, 0.25) is 12.7 Å². The van der Waals surface area contributed by atoms with Gasteiger partial charge in [0.05, 0.1) is 0 Å². The van der Waals surface area contributed by atoms with Crippen molar-refractivity contribution in [2.45, 2.75) is 12.5 Å². The van der Waals surface area contributed by atoms with Crippen molar-refractivity contribution in [3.05, 3.63) is 66.2 Å². The van der Waals surface area contributed by atoms with E-state index in [4.69, 9.17) is 9.47 Å². The van der Waals surface area contributed by atoms with E-state index in [1.54, 1.807) is 31.2 Å². The molecule has 0 unspecified atom stereocenters. The Morgan fingerprint density at radius 2 is 1.81 bits per heavy atom. The smallest absolute Gasteiger partial charge is 0.325 e. The van der Waals surface area contributed by atoms with E-state index in [1.165, 1.54) is 0 Å². The minimum absolute atomic E-state index is 0.108. The number of nitrogens with one attached hydrogen (secondary N) is 2. The van der Waals surface area contributed by atoms with Crippen molar-refractivity contribution in [2.75, 3.05) is 18.7 Å². The van der Waals surface area contributed by atoms with E-state index in [0.717, 1.165) is 15.7 Å². The van der Waals surface area contributed by atoms with Crippen LogP contribution in [0.4, 0.5) is 10.5 Å². The van der Waals surface area contributed by atoms with E-state index in [2.05, 4.69) is 10.6 Å². The Bertz CT molecular complexity index is 1240. The zero-order chi connectivity index (χ0) is 21.6. The molecule has 0 aliphatic carbocycles. The van der Waals surface area contributed by atoms with E-state index >= 15 is 0 Å². The first-order chi connectivity index (χ1) is 14.9. The maximum atomic E-state index is 13.1. The number of carbonyl (C=O) groups excluding carboxylic acids is 3. The van der Waals surface area contributed by atoms with Gasteiger partial charge in [0.25, 0.3) is 5.91 Å². The topological polar surface area (TPSA) is 97.0 Å². The molecule has 1 saturated heterocycles. The average Bonchev–Trinajstić information content (AvgIpc) is 3.32. The highest BCUT2D eigenvalue weighted by Gasteiger charge is 2.49. The van der Waals surface area contributed by atoms with Crippen LogP contribution in [0.5, 0.6) is 11.5 Å². The molecule has 5 rings (SSSR count). The van der Waals surface area contributed by atoms with Crippen LogP contribution < -0.4 is 20.1 Å². The lowest BCUT2D eigenvalue weighted by molar-refractivity contribution is -0.133. The highest BCUT2D eigenvalue weighted by Crippen LogP contribution is 2.37. The Labute approximate surface area is 177 Å². The summed E-state index contributed by atoms with van der Waals surface area (Å²) in [6, 6.07) is 17.7. The number of urea groups is 1. The predicted molar refractivity (Wildman–Crippen MR) is 113 cm³/mol. The van der Waals surface area contributed by atoms with Crippen LogP contribution in [-0.2, 0) is 15.1 Å². The first-order valence-electron chi connectivity index (χ1n) is 9.77. The molecule has 8 nitrogen and oxygen atoms in total. The third kappa shape index (κ3) is 3.22. The van der Waals surface area contributed by atoms with Gasteiger partial charge >= 0.3 is 6.03 Å². The van der Waals surface area contributed by atoms with Crippen LogP contribution in [0.1, 0.15) is 12.5 Å². The largest absolute Gasteiger partial charge is 0.454 e. The quantitative estimate of drug-likeness (QED) is 0.636. The first-order valence-corrected chi connectivity index (χ1v) is 9.77. The number of hydrogen-bond acceptors (Lipinski definition) is 5. The summed E-state index contributed by atoms with van der Waals surface area (Å²) in [5, 5.41) is 7.47. The van der Waals surface area contributed by atoms with Crippen LogP contribution in [0.15, 0.2) is 60.7 Å². The van der Waals surface area contributed by atoms with E-state index in [9.17, 15) is 14.4 Å². The molecule has 8 heteroatoms. The van der Waals surface area contributed by atoms with Gasteiger partial charge in [0.1, 0.15) is 12.1 Å². The van der Waals surface area contributed by atoms with Gasteiger partial charge in [-0.15, -0.1) is 0 Å². The number of anilines is 1. The van der Waals surface area contributed by atoms with Gasteiger partial charge in [0, 0.05) is 5.69 Å². The Kier molecular flexibility index (Phi) is 4.28. The average molecular weight is 417 g/mol. The lowest BCUT2D eigenvalue weighted by Gasteiger charge is -2.22. The van der Waals surface area contributed by atoms with Crippen LogP contribution in [0, 0.1) is 0 Å². The Balaban J connectivity index is 1.32. The van der Waals surface area contributed by atoms with Crippen LogP contribution in [0.25, 0.3) is 10.8 Å². The molecule has 31 heavy (non-hydrogen) atoms. The molecule has 0 aromatic heterocycles. The molecule has 2 N–H and O–H groups in total. The van der Waals surface area contributed by atoms with Crippen molar-refractivity contribution in [1.29, 1.82) is 0 Å². The maximum Gasteiger partial charge on any atom is 0.325 e. The lowest BCUT2D eigenvalue weighted by Crippen LogP contribution is -2.42. The molecular formula is C23H19N3O5. The fraction of sp³-hybridized carbons (Fsp3) is 0.174. The van der Waals surface area contributed by atoms with Gasteiger partial charge in [0.15, 0.2) is 11.5 Å². The van der Waals surface area contributed by atoms with Crippen molar-refractivity contribution >= 4 is 34.3 Å². The molecule has 0 radical (unpaired) electrons. The maximum absolute atomic E-state index is 13.1. The standard InChI is InChI=1S/C23H19N3O5/c1-23(16-7-9-18-19(11-16)31-13-30-18)21(28)26(22(29)25-23)12-20(27)24-17-8-6-14-4-2-3-5-15(14)10-17/h2-11H,12-13H2,1H3,(H,24,27)(H,25,29)/t23-/m0/s1. The molecule has 3 aromatic carbocycles. The molecule has 1 fully saturated rings. The number of nitrogens with zero attached hydrogens (tertiary/aromatic N) is 1. The highest BCUT2D eigenvalue weighted by atomic mass is 16.7. The fourth-order valence-electron chi connectivity index (χ4n) is 3.85. The second-order valence-corrected chi connectivity index (χ2v) is 7.62. The second kappa shape index (κ2) is 7.02. The lowest BCUT2D eigenvalue weighted by atomic mass is 9.91. The van der Waals surface area contributed by atoms with Gasteiger partial charge in [-0.3, -0.25) is 14.5 Å². The van der Waals surface area contributed by atoms with Crippen molar-refractivity contribution in [3.8, 4) is 11.5 Å². The van der Waals surface area contributed by atoms with Gasteiger partial charge in [-0.2, -0.15) is 0 Å². The van der Waals surface area contributed by atoms with Gasteiger partial charge in [-0.1, -0.05) is 36.4 Å². The molecule has 0 bridgehead atoms. The van der Waals surface area contributed by atoms with Crippen LogP contribution in [-0.4, -0.2) is 36.1 Å². The molecule has 2 aliphatic rings. The second-order valence-electron chi connectivity index (χ2n) is 7.62. The third-order valence-corrected chi connectivity index (χ3v) is 5.56. The predicted octanol–water partition coefficient (Wildman–Crippen LogP) is 2.97. The molecule has 1 atom stereocenters. The van der Waals surface area contributed by atoms with Crippen molar-refractivity contribution in [1.82, 2.24) is 10.2 Å². The summed E-state index contributed by atoms with van der Waals surface area (Å²) in [6.07, 6.45) is 0. The third-order valence-electron chi connectivity index (χ3n) is 5.56.